The summed E-state index contributed by atoms with van der Waals surface area (Å²) in [6, 6.07) is 0. The number of carbonyl (C=O) groups excluding carboxylic acids is 1. The first-order chi connectivity index (χ1) is 23.6. The zero-order valence-corrected chi connectivity index (χ0v) is 33.8. The number of quaternary nitrogens is 1. The number of phosphoric acid groups is 1. The van der Waals surface area contributed by atoms with Crippen molar-refractivity contribution in [3.8, 4) is 0 Å². The Morgan fingerprint density at radius 1 is 0.612 bits per heavy atom. The summed E-state index contributed by atoms with van der Waals surface area (Å²) in [5.74, 6) is -0.335. The van der Waals surface area contributed by atoms with E-state index < -0.39 is 13.9 Å². The van der Waals surface area contributed by atoms with Crippen molar-refractivity contribution in [3.05, 3.63) is 12.2 Å². The topological polar surface area (TPSA) is 94.1 Å². The number of likely N-dealkylation sites (N-methyl/N-ethyl adjacent to an activating group) is 1. The van der Waals surface area contributed by atoms with Crippen LogP contribution in [0.4, 0.5) is 0 Å². The predicted octanol–water partition coefficient (Wildman–Crippen LogP) is 10.9. The van der Waals surface area contributed by atoms with Gasteiger partial charge in [0, 0.05) is 13.0 Å². The van der Waals surface area contributed by atoms with Gasteiger partial charge in [-0.25, -0.2) is 0 Å². The molecule has 0 aliphatic heterocycles. The molecule has 49 heavy (non-hydrogen) atoms. The van der Waals surface area contributed by atoms with Crippen LogP contribution in [0.5, 0.6) is 0 Å². The van der Waals surface area contributed by atoms with Gasteiger partial charge in [0.2, 0.25) is 0 Å². The number of rotatable bonds is 38. The standard InChI is InChI=1S/C40H80NO7P/c1-6-8-10-12-14-16-18-20-21-22-24-26-28-30-32-35-45-37-39(38-47-49(43,44)46-36-34-41(3,4)5)48-40(42)33-31-29-27-25-23-19-17-15-13-11-9-7-2/h18,20,39H,6-17,19,21-38H2,1-5H3/b20-18-. The Hall–Kier alpha value is -0.760. The number of nitrogens with zero attached hydrogens (tertiary/aromatic N) is 1. The van der Waals surface area contributed by atoms with Gasteiger partial charge in [0.05, 0.1) is 34.4 Å². The first-order valence-corrected chi connectivity index (χ1v) is 21.9. The number of phosphoric ester groups is 1. The highest BCUT2D eigenvalue weighted by Crippen LogP contribution is 2.38. The minimum atomic E-state index is -4.51. The number of carbonyl (C=O) groups is 1. The van der Waals surface area contributed by atoms with Crippen molar-refractivity contribution in [2.75, 3.05) is 54.1 Å². The van der Waals surface area contributed by atoms with Crippen molar-refractivity contribution in [1.82, 2.24) is 0 Å². The van der Waals surface area contributed by atoms with E-state index in [1.807, 2.05) is 21.1 Å². The molecule has 0 spiro atoms. The quantitative estimate of drug-likeness (QED) is 0.0206. The Labute approximate surface area is 303 Å². The lowest BCUT2D eigenvalue weighted by Gasteiger charge is -2.28. The molecule has 0 fully saturated rings. The molecular formula is C40H80NO7P. The van der Waals surface area contributed by atoms with E-state index in [1.54, 1.807) is 0 Å². The van der Waals surface area contributed by atoms with Crippen LogP contribution in [0, 0.1) is 0 Å². The number of unbranched alkanes of at least 4 members (excludes halogenated alkanes) is 22. The first-order valence-electron chi connectivity index (χ1n) is 20.4. The molecule has 0 aromatic carbocycles. The van der Waals surface area contributed by atoms with Crippen molar-refractivity contribution in [2.24, 2.45) is 0 Å². The van der Waals surface area contributed by atoms with Gasteiger partial charge in [-0.15, -0.1) is 0 Å². The van der Waals surface area contributed by atoms with Crippen LogP contribution < -0.4 is 4.89 Å². The number of hydrogen-bond donors (Lipinski definition) is 0. The molecule has 9 heteroatoms. The molecule has 0 rings (SSSR count). The Kier molecular flexibility index (Phi) is 33.8. The van der Waals surface area contributed by atoms with E-state index in [9.17, 15) is 14.3 Å². The molecule has 0 aliphatic carbocycles. The van der Waals surface area contributed by atoms with E-state index in [2.05, 4.69) is 26.0 Å². The zero-order chi connectivity index (χ0) is 36.3. The SMILES string of the molecule is CCCCCCC/C=C\CCCCCCCCOCC(COP(=O)([O-])OCC[N+](C)(C)C)OC(=O)CCCCCCCCCCCCCC. The Balaban J connectivity index is 4.26. The van der Waals surface area contributed by atoms with Gasteiger partial charge in [0.1, 0.15) is 19.3 Å². The van der Waals surface area contributed by atoms with Crippen molar-refractivity contribution >= 4 is 13.8 Å². The smallest absolute Gasteiger partial charge is 0.306 e. The van der Waals surface area contributed by atoms with Gasteiger partial charge in [-0.2, -0.15) is 0 Å². The summed E-state index contributed by atoms with van der Waals surface area (Å²) in [4.78, 5) is 24.9. The van der Waals surface area contributed by atoms with Crippen molar-refractivity contribution in [3.63, 3.8) is 0 Å². The Morgan fingerprint density at radius 2 is 1.06 bits per heavy atom. The third-order valence-electron chi connectivity index (χ3n) is 8.82. The Morgan fingerprint density at radius 3 is 1.55 bits per heavy atom. The van der Waals surface area contributed by atoms with Crippen LogP contribution in [0.25, 0.3) is 0 Å². The highest BCUT2D eigenvalue weighted by Gasteiger charge is 2.20. The molecule has 0 N–H and O–H groups in total. The molecule has 0 bridgehead atoms. The maximum absolute atomic E-state index is 12.6. The summed E-state index contributed by atoms with van der Waals surface area (Å²) < 4.78 is 34.5. The monoisotopic (exact) mass is 718 g/mol. The molecule has 2 unspecified atom stereocenters. The largest absolute Gasteiger partial charge is 0.756 e. The number of esters is 1. The van der Waals surface area contributed by atoms with Gasteiger partial charge < -0.3 is 27.9 Å². The van der Waals surface area contributed by atoms with Crippen LogP contribution in [0.15, 0.2) is 12.2 Å². The third-order valence-corrected chi connectivity index (χ3v) is 9.78. The predicted molar refractivity (Wildman–Crippen MR) is 204 cm³/mol. The summed E-state index contributed by atoms with van der Waals surface area (Å²) in [7, 11) is 1.36. The molecule has 292 valence electrons. The van der Waals surface area contributed by atoms with Gasteiger partial charge in [-0.05, 0) is 38.5 Å². The van der Waals surface area contributed by atoms with Gasteiger partial charge in [-0.3, -0.25) is 9.36 Å². The molecule has 0 aliphatic rings. The minimum absolute atomic E-state index is 0.0279. The Bertz CT molecular complexity index is 802. The lowest BCUT2D eigenvalue weighted by Crippen LogP contribution is -2.37. The van der Waals surface area contributed by atoms with E-state index >= 15 is 0 Å². The molecule has 0 saturated carbocycles. The summed E-state index contributed by atoms with van der Waals surface area (Å²) in [5.41, 5.74) is 0. The molecule has 0 heterocycles. The molecule has 0 saturated heterocycles. The average Bonchev–Trinajstić information content (AvgIpc) is 3.04. The molecule has 0 aromatic heterocycles. The van der Waals surface area contributed by atoms with Crippen LogP contribution >= 0.6 is 7.82 Å². The van der Waals surface area contributed by atoms with Crippen LogP contribution in [-0.4, -0.2) is 70.7 Å². The van der Waals surface area contributed by atoms with Gasteiger partial charge in [0.25, 0.3) is 7.82 Å². The van der Waals surface area contributed by atoms with Crippen LogP contribution in [0.3, 0.4) is 0 Å². The molecular weight excluding hydrogens is 637 g/mol. The molecule has 2 atom stereocenters. The van der Waals surface area contributed by atoms with Crippen molar-refractivity contribution in [2.45, 2.75) is 187 Å². The number of allylic oxidation sites excluding steroid dienone is 2. The summed E-state index contributed by atoms with van der Waals surface area (Å²) in [6.07, 6.45) is 35.0. The van der Waals surface area contributed by atoms with Gasteiger partial charge in [0.15, 0.2) is 0 Å². The summed E-state index contributed by atoms with van der Waals surface area (Å²) in [5, 5.41) is 0. The molecule has 0 radical (unpaired) electrons. The highest BCUT2D eigenvalue weighted by molar-refractivity contribution is 7.45. The van der Waals surface area contributed by atoms with Crippen molar-refractivity contribution in [1.29, 1.82) is 0 Å². The van der Waals surface area contributed by atoms with Crippen LogP contribution in [0.1, 0.15) is 181 Å². The maximum Gasteiger partial charge on any atom is 0.306 e. The van der Waals surface area contributed by atoms with E-state index in [0.29, 0.717) is 24.1 Å². The van der Waals surface area contributed by atoms with Crippen LogP contribution in [0.2, 0.25) is 0 Å². The van der Waals surface area contributed by atoms with Crippen molar-refractivity contribution < 1.29 is 37.3 Å². The van der Waals surface area contributed by atoms with Gasteiger partial charge in [-0.1, -0.05) is 148 Å². The van der Waals surface area contributed by atoms with E-state index in [4.69, 9.17) is 18.5 Å². The fourth-order valence-electron chi connectivity index (χ4n) is 5.60. The summed E-state index contributed by atoms with van der Waals surface area (Å²) >= 11 is 0. The fourth-order valence-corrected chi connectivity index (χ4v) is 6.33. The number of hydrogen-bond acceptors (Lipinski definition) is 7. The van der Waals surface area contributed by atoms with E-state index in [1.165, 1.54) is 128 Å². The first kappa shape index (κ1) is 48.2. The highest BCUT2D eigenvalue weighted by atomic mass is 31.2. The third kappa shape index (κ3) is 38.3. The lowest BCUT2D eigenvalue weighted by molar-refractivity contribution is -0.870. The number of ether oxygens (including phenoxy) is 2. The van der Waals surface area contributed by atoms with E-state index in [0.717, 1.165) is 32.1 Å². The second kappa shape index (κ2) is 34.3. The second-order valence-corrected chi connectivity index (χ2v) is 16.4. The lowest BCUT2D eigenvalue weighted by atomic mass is 10.0. The molecule has 8 nitrogen and oxygen atoms in total. The van der Waals surface area contributed by atoms with E-state index in [-0.39, 0.29) is 25.8 Å². The fraction of sp³-hybridized carbons (Fsp3) is 0.925. The normalized spacial score (nSPS) is 14.0. The summed E-state index contributed by atoms with van der Waals surface area (Å²) in [6.45, 7) is 5.40. The average molecular weight is 718 g/mol. The molecule has 0 amide bonds. The minimum Gasteiger partial charge on any atom is -0.756 e. The second-order valence-electron chi connectivity index (χ2n) is 15.0. The van der Waals surface area contributed by atoms with Gasteiger partial charge >= 0.3 is 5.97 Å². The van der Waals surface area contributed by atoms with Crippen LogP contribution in [-0.2, 0) is 27.9 Å². The zero-order valence-electron chi connectivity index (χ0n) is 32.9. The maximum atomic E-state index is 12.6. The molecule has 0 aromatic rings.